The highest BCUT2D eigenvalue weighted by atomic mass is 16.5. The van der Waals surface area contributed by atoms with Gasteiger partial charge in [-0.25, -0.2) is 0 Å². The Kier molecular flexibility index (Phi) is 4.14. The van der Waals surface area contributed by atoms with Crippen LogP contribution in [0, 0.1) is 6.92 Å². The molecule has 0 amide bonds. The van der Waals surface area contributed by atoms with Gasteiger partial charge in [-0.15, -0.1) is 0 Å². The first-order valence-corrected chi connectivity index (χ1v) is 8.42. The van der Waals surface area contributed by atoms with E-state index in [1.807, 2.05) is 37.3 Å². The first-order valence-electron chi connectivity index (χ1n) is 8.42. The highest BCUT2D eigenvalue weighted by Gasteiger charge is 2.15. The van der Waals surface area contributed by atoms with E-state index in [2.05, 4.69) is 15.2 Å². The van der Waals surface area contributed by atoms with Crippen molar-refractivity contribution in [3.05, 3.63) is 64.3 Å². The lowest BCUT2D eigenvalue weighted by Gasteiger charge is -2.12. The Bertz CT molecular complexity index is 1130. The molecule has 3 heterocycles. The van der Waals surface area contributed by atoms with Crippen molar-refractivity contribution in [2.24, 2.45) is 5.73 Å². The second-order valence-corrected chi connectivity index (χ2v) is 6.14. The number of H-pyrrole nitrogens is 1. The van der Waals surface area contributed by atoms with Crippen LogP contribution in [0.15, 0.2) is 47.5 Å². The summed E-state index contributed by atoms with van der Waals surface area (Å²) in [6, 6.07) is 9.51. The van der Waals surface area contributed by atoms with Gasteiger partial charge in [0.2, 0.25) is 0 Å². The second-order valence-electron chi connectivity index (χ2n) is 6.14. The molecule has 132 valence electrons. The van der Waals surface area contributed by atoms with E-state index in [4.69, 9.17) is 10.5 Å². The summed E-state index contributed by atoms with van der Waals surface area (Å²) in [6.07, 6.45) is 3.46. The fourth-order valence-electron chi connectivity index (χ4n) is 3.15. The highest BCUT2D eigenvalue weighted by molar-refractivity contribution is 6.04. The minimum atomic E-state index is -0.0875. The minimum Gasteiger partial charge on any atom is -0.489 e. The molecule has 0 saturated carbocycles. The van der Waals surface area contributed by atoms with Gasteiger partial charge in [-0.1, -0.05) is 0 Å². The predicted octanol–water partition coefficient (Wildman–Crippen LogP) is 2.12. The van der Waals surface area contributed by atoms with Gasteiger partial charge >= 0.3 is 0 Å². The monoisotopic (exact) mass is 349 g/mol. The summed E-state index contributed by atoms with van der Waals surface area (Å²) in [5.41, 5.74) is 8.88. The number of hydrogen-bond donors (Lipinski definition) is 2. The van der Waals surface area contributed by atoms with Crippen molar-refractivity contribution in [3.63, 3.8) is 0 Å². The molecule has 0 aliphatic heterocycles. The van der Waals surface area contributed by atoms with E-state index >= 15 is 0 Å². The third kappa shape index (κ3) is 2.72. The molecule has 0 saturated heterocycles. The van der Waals surface area contributed by atoms with Crippen LogP contribution >= 0.6 is 0 Å². The van der Waals surface area contributed by atoms with Crippen molar-refractivity contribution < 1.29 is 4.74 Å². The molecule has 0 aliphatic carbocycles. The first-order chi connectivity index (χ1) is 12.7. The maximum absolute atomic E-state index is 12.9. The normalized spacial score (nSPS) is 11.3. The summed E-state index contributed by atoms with van der Waals surface area (Å²) in [5, 5.41) is 8.73. The number of pyridine rings is 2. The predicted molar refractivity (Wildman–Crippen MR) is 100 cm³/mol. The average molecular weight is 349 g/mol. The topological polar surface area (TPSA) is 98.8 Å². The number of aryl methyl sites for hydroxylation is 1. The molecule has 0 bridgehead atoms. The Morgan fingerprint density at radius 2 is 2.04 bits per heavy atom. The van der Waals surface area contributed by atoms with Crippen molar-refractivity contribution in [3.8, 4) is 5.75 Å². The van der Waals surface area contributed by atoms with Gasteiger partial charge in [-0.2, -0.15) is 5.10 Å². The molecule has 0 atom stereocenters. The fraction of sp³-hybridized carbons (Fsp3) is 0.211. The summed E-state index contributed by atoms with van der Waals surface area (Å²) in [6.45, 7) is 3.09. The van der Waals surface area contributed by atoms with Crippen LogP contribution in [0.5, 0.6) is 5.75 Å². The molecule has 0 spiro atoms. The Morgan fingerprint density at radius 1 is 1.23 bits per heavy atom. The first kappa shape index (κ1) is 16.3. The number of rotatable bonds is 5. The molecule has 0 radical (unpaired) electrons. The zero-order valence-electron chi connectivity index (χ0n) is 14.4. The lowest BCUT2D eigenvalue weighted by atomic mass is 10.1. The number of nitrogens with zero attached hydrogens (tertiary/aromatic N) is 3. The molecule has 7 nitrogen and oxygen atoms in total. The smallest absolute Gasteiger partial charge is 0.262 e. The molecule has 0 aliphatic rings. The molecule has 1 aromatic carbocycles. The van der Waals surface area contributed by atoms with Crippen molar-refractivity contribution in [2.75, 3.05) is 6.54 Å². The number of benzene rings is 1. The SMILES string of the molecule is Cc1[nH]nc2c1c(=O)n(CCN)c1cc(OCc3ccncc3)ccc21. The molecule has 3 N–H and O–H groups in total. The quantitative estimate of drug-likeness (QED) is 0.575. The van der Waals surface area contributed by atoms with E-state index in [-0.39, 0.29) is 5.56 Å². The molecule has 3 aromatic heterocycles. The summed E-state index contributed by atoms with van der Waals surface area (Å²) in [4.78, 5) is 16.9. The lowest BCUT2D eigenvalue weighted by Crippen LogP contribution is -2.24. The molecule has 0 fully saturated rings. The van der Waals surface area contributed by atoms with Gasteiger partial charge in [-0.05, 0) is 36.8 Å². The molecule has 4 rings (SSSR count). The van der Waals surface area contributed by atoms with Crippen molar-refractivity contribution >= 4 is 21.8 Å². The van der Waals surface area contributed by atoms with Crippen LogP contribution in [0.4, 0.5) is 0 Å². The zero-order valence-corrected chi connectivity index (χ0v) is 14.4. The van der Waals surface area contributed by atoms with Gasteiger partial charge in [0.1, 0.15) is 17.9 Å². The molecule has 26 heavy (non-hydrogen) atoms. The Hall–Kier alpha value is -3.19. The standard InChI is InChI=1S/C19H19N5O2/c1-12-17-18(23-22-12)15-3-2-14(26-11-13-4-7-21-8-5-13)10-16(15)24(9-6-20)19(17)25/h2-5,7-8,10H,6,9,11,20H2,1H3,(H,22,23). The Labute approximate surface area is 149 Å². The van der Waals surface area contributed by atoms with E-state index in [1.165, 1.54) is 0 Å². The number of ether oxygens (including phenoxy) is 1. The molecule has 0 unspecified atom stereocenters. The van der Waals surface area contributed by atoms with E-state index in [0.717, 1.165) is 22.2 Å². The summed E-state index contributed by atoms with van der Waals surface area (Å²) < 4.78 is 7.58. The molecular formula is C19H19N5O2. The van der Waals surface area contributed by atoms with Gasteiger partial charge in [-0.3, -0.25) is 14.9 Å². The zero-order chi connectivity index (χ0) is 18.1. The fourth-order valence-corrected chi connectivity index (χ4v) is 3.15. The van der Waals surface area contributed by atoms with E-state index in [0.29, 0.717) is 36.3 Å². The third-order valence-electron chi connectivity index (χ3n) is 4.43. The number of nitrogens with one attached hydrogen (secondary N) is 1. The van der Waals surface area contributed by atoms with E-state index in [1.54, 1.807) is 17.0 Å². The summed E-state index contributed by atoms with van der Waals surface area (Å²) in [5.74, 6) is 0.686. The number of fused-ring (bicyclic) bond motifs is 3. The van der Waals surface area contributed by atoms with Crippen molar-refractivity contribution in [1.29, 1.82) is 0 Å². The average Bonchev–Trinajstić information content (AvgIpc) is 3.06. The molecular weight excluding hydrogens is 330 g/mol. The largest absolute Gasteiger partial charge is 0.489 e. The maximum atomic E-state index is 12.9. The number of aromatic nitrogens is 4. The van der Waals surface area contributed by atoms with Crippen LogP contribution in [-0.2, 0) is 13.2 Å². The Balaban J connectivity index is 1.82. The third-order valence-corrected chi connectivity index (χ3v) is 4.43. The number of hydrogen-bond acceptors (Lipinski definition) is 5. The van der Waals surface area contributed by atoms with Gasteiger partial charge in [0.15, 0.2) is 0 Å². The summed E-state index contributed by atoms with van der Waals surface area (Å²) in [7, 11) is 0. The van der Waals surface area contributed by atoms with Crippen LogP contribution in [0.2, 0.25) is 0 Å². The number of aromatic amines is 1. The van der Waals surface area contributed by atoms with Gasteiger partial charge in [0.25, 0.3) is 5.56 Å². The second kappa shape index (κ2) is 6.61. The summed E-state index contributed by atoms with van der Waals surface area (Å²) >= 11 is 0. The molecule has 4 aromatic rings. The van der Waals surface area contributed by atoms with Gasteiger partial charge in [0.05, 0.1) is 10.9 Å². The highest BCUT2D eigenvalue weighted by Crippen LogP contribution is 2.26. The van der Waals surface area contributed by atoms with Crippen molar-refractivity contribution in [1.82, 2.24) is 19.7 Å². The lowest BCUT2D eigenvalue weighted by molar-refractivity contribution is 0.306. The van der Waals surface area contributed by atoms with Crippen LogP contribution in [0.25, 0.3) is 21.8 Å². The maximum Gasteiger partial charge on any atom is 0.262 e. The van der Waals surface area contributed by atoms with Crippen LogP contribution in [0.3, 0.4) is 0 Å². The van der Waals surface area contributed by atoms with Gasteiger partial charge < -0.3 is 15.0 Å². The minimum absolute atomic E-state index is 0.0875. The van der Waals surface area contributed by atoms with E-state index in [9.17, 15) is 4.79 Å². The molecule has 7 heteroatoms. The van der Waals surface area contributed by atoms with Crippen LogP contribution in [-0.4, -0.2) is 26.3 Å². The van der Waals surface area contributed by atoms with Crippen LogP contribution < -0.4 is 16.0 Å². The Morgan fingerprint density at radius 3 is 2.81 bits per heavy atom. The van der Waals surface area contributed by atoms with Crippen molar-refractivity contribution in [2.45, 2.75) is 20.1 Å². The van der Waals surface area contributed by atoms with Gasteiger partial charge in [0, 0.05) is 42.6 Å². The van der Waals surface area contributed by atoms with E-state index < -0.39 is 0 Å². The van der Waals surface area contributed by atoms with Crippen LogP contribution in [0.1, 0.15) is 11.3 Å². The number of nitrogens with two attached hydrogens (primary N) is 1.